The van der Waals surface area contributed by atoms with Crippen LogP contribution in [0.5, 0.6) is 11.5 Å². The van der Waals surface area contributed by atoms with Crippen molar-refractivity contribution in [1.29, 1.82) is 0 Å². The molecule has 1 amide bonds. The molecular weight excluding hydrogens is 346 g/mol. The quantitative estimate of drug-likeness (QED) is 0.678. The van der Waals surface area contributed by atoms with Crippen LogP contribution in [0.15, 0.2) is 42.5 Å². The molecule has 2 aromatic carbocycles. The number of aryl methyl sites for hydroxylation is 1. The van der Waals surface area contributed by atoms with Crippen LogP contribution in [0.4, 0.5) is 5.69 Å². The van der Waals surface area contributed by atoms with Gasteiger partial charge in [0.05, 0.1) is 19.8 Å². The van der Waals surface area contributed by atoms with Crippen molar-refractivity contribution >= 4 is 17.6 Å². The first kappa shape index (κ1) is 20.3. The molecule has 0 fully saturated rings. The number of methoxy groups -OCH3 is 2. The van der Waals surface area contributed by atoms with Crippen molar-refractivity contribution in [3.8, 4) is 11.5 Å². The predicted molar refractivity (Wildman–Crippen MR) is 104 cm³/mol. The number of carbonyl (C=O) groups is 2. The van der Waals surface area contributed by atoms with E-state index in [2.05, 4.69) is 12.2 Å². The van der Waals surface area contributed by atoms with Crippen LogP contribution in [0.25, 0.3) is 0 Å². The van der Waals surface area contributed by atoms with Crippen molar-refractivity contribution < 1.29 is 23.8 Å². The van der Waals surface area contributed by atoms with Gasteiger partial charge in [-0.2, -0.15) is 0 Å². The number of rotatable bonds is 9. The highest BCUT2D eigenvalue weighted by molar-refractivity contribution is 5.95. The molecule has 2 aromatic rings. The molecule has 0 bridgehead atoms. The number of ether oxygens (including phenoxy) is 3. The molecule has 144 valence electrons. The lowest BCUT2D eigenvalue weighted by Gasteiger charge is -2.09. The number of hydrogen-bond donors (Lipinski definition) is 1. The summed E-state index contributed by atoms with van der Waals surface area (Å²) in [7, 11) is 2.98. The minimum atomic E-state index is -0.628. The Hall–Kier alpha value is -3.02. The van der Waals surface area contributed by atoms with Crippen molar-refractivity contribution in [3.05, 3.63) is 53.6 Å². The molecule has 2 rings (SSSR count). The van der Waals surface area contributed by atoms with Gasteiger partial charge in [0.2, 0.25) is 0 Å². The number of carbonyl (C=O) groups excluding carboxylic acids is 2. The Balaban J connectivity index is 1.88. The number of unbranched alkanes of at least 4 members (excludes halogenated alkanes) is 1. The summed E-state index contributed by atoms with van der Waals surface area (Å²) >= 11 is 0. The fraction of sp³-hybridized carbons (Fsp3) is 0.333. The molecule has 6 nitrogen and oxygen atoms in total. The zero-order chi connectivity index (χ0) is 19.6. The van der Waals surface area contributed by atoms with E-state index in [-0.39, 0.29) is 12.2 Å². The van der Waals surface area contributed by atoms with Gasteiger partial charge in [0.1, 0.15) is 11.5 Å². The lowest BCUT2D eigenvalue weighted by atomic mass is 10.1. The standard InChI is InChI=1S/C21H25NO5/c1-4-5-6-15-7-9-17(10-8-15)22-20(23)14-27-21(24)16-11-18(25-2)13-19(12-16)26-3/h7-13H,4-6,14H2,1-3H3,(H,22,23). The summed E-state index contributed by atoms with van der Waals surface area (Å²) in [6.07, 6.45) is 3.30. The average molecular weight is 371 g/mol. The van der Waals surface area contributed by atoms with E-state index in [1.165, 1.54) is 31.9 Å². The third-order valence-electron chi connectivity index (χ3n) is 3.98. The zero-order valence-electron chi connectivity index (χ0n) is 15.9. The van der Waals surface area contributed by atoms with Crippen molar-refractivity contribution in [1.82, 2.24) is 0 Å². The second-order valence-electron chi connectivity index (χ2n) is 6.03. The van der Waals surface area contributed by atoms with Crippen LogP contribution >= 0.6 is 0 Å². The van der Waals surface area contributed by atoms with E-state index in [0.717, 1.165) is 19.3 Å². The smallest absolute Gasteiger partial charge is 0.338 e. The van der Waals surface area contributed by atoms with E-state index >= 15 is 0 Å². The molecule has 0 unspecified atom stereocenters. The van der Waals surface area contributed by atoms with Gasteiger partial charge in [0, 0.05) is 11.8 Å². The fourth-order valence-electron chi connectivity index (χ4n) is 2.47. The van der Waals surface area contributed by atoms with Crippen LogP contribution in [0.3, 0.4) is 0 Å². The minimum Gasteiger partial charge on any atom is -0.497 e. The van der Waals surface area contributed by atoms with E-state index < -0.39 is 11.9 Å². The third kappa shape index (κ3) is 6.33. The van der Waals surface area contributed by atoms with Gasteiger partial charge in [-0.3, -0.25) is 4.79 Å². The van der Waals surface area contributed by atoms with Crippen LogP contribution < -0.4 is 14.8 Å². The molecule has 0 heterocycles. The molecule has 6 heteroatoms. The monoisotopic (exact) mass is 371 g/mol. The van der Waals surface area contributed by atoms with E-state index in [1.54, 1.807) is 6.07 Å². The Morgan fingerprint density at radius 2 is 1.59 bits per heavy atom. The average Bonchev–Trinajstić information content (AvgIpc) is 2.71. The summed E-state index contributed by atoms with van der Waals surface area (Å²) in [5.41, 5.74) is 2.15. The van der Waals surface area contributed by atoms with E-state index in [0.29, 0.717) is 17.2 Å². The van der Waals surface area contributed by atoms with Crippen molar-refractivity contribution in [3.63, 3.8) is 0 Å². The second kappa shape index (κ2) is 10.2. The van der Waals surface area contributed by atoms with Crippen molar-refractivity contribution in [2.24, 2.45) is 0 Å². The van der Waals surface area contributed by atoms with E-state index in [4.69, 9.17) is 14.2 Å². The summed E-state index contributed by atoms with van der Waals surface area (Å²) in [6, 6.07) is 12.4. The van der Waals surface area contributed by atoms with Crippen LogP contribution in [0, 0.1) is 0 Å². The number of esters is 1. The molecule has 0 aromatic heterocycles. The van der Waals surface area contributed by atoms with Crippen LogP contribution in [-0.4, -0.2) is 32.7 Å². The summed E-state index contributed by atoms with van der Waals surface area (Å²) in [5, 5.41) is 2.71. The number of hydrogen-bond acceptors (Lipinski definition) is 5. The van der Waals surface area contributed by atoms with Gasteiger partial charge in [-0.25, -0.2) is 4.79 Å². The second-order valence-corrected chi connectivity index (χ2v) is 6.03. The summed E-state index contributed by atoms with van der Waals surface area (Å²) in [6.45, 7) is 1.77. The number of anilines is 1. The van der Waals surface area contributed by atoms with Gasteiger partial charge >= 0.3 is 5.97 Å². The molecule has 0 saturated carbocycles. The predicted octanol–water partition coefficient (Wildman–Crippen LogP) is 3.84. The molecule has 0 aliphatic carbocycles. The Morgan fingerprint density at radius 1 is 0.963 bits per heavy atom. The molecule has 0 aliphatic heterocycles. The highest BCUT2D eigenvalue weighted by Gasteiger charge is 2.13. The summed E-state index contributed by atoms with van der Waals surface area (Å²) in [5.74, 6) is -0.0976. The molecule has 27 heavy (non-hydrogen) atoms. The maximum atomic E-state index is 12.2. The van der Waals surface area contributed by atoms with Gasteiger partial charge < -0.3 is 19.5 Å². The van der Waals surface area contributed by atoms with Crippen LogP contribution in [0.2, 0.25) is 0 Å². The number of amides is 1. The van der Waals surface area contributed by atoms with E-state index in [9.17, 15) is 9.59 Å². The van der Waals surface area contributed by atoms with Crippen molar-refractivity contribution in [2.75, 3.05) is 26.1 Å². The maximum absolute atomic E-state index is 12.2. The summed E-state index contributed by atoms with van der Waals surface area (Å²) in [4.78, 5) is 24.2. The Kier molecular flexibility index (Phi) is 7.67. The molecule has 0 aliphatic rings. The minimum absolute atomic E-state index is 0.249. The lowest BCUT2D eigenvalue weighted by molar-refractivity contribution is -0.119. The first-order valence-electron chi connectivity index (χ1n) is 8.84. The first-order chi connectivity index (χ1) is 13.0. The lowest BCUT2D eigenvalue weighted by Crippen LogP contribution is -2.21. The topological polar surface area (TPSA) is 73.9 Å². The molecule has 0 radical (unpaired) electrons. The van der Waals surface area contributed by atoms with E-state index in [1.807, 2.05) is 24.3 Å². The molecule has 0 saturated heterocycles. The molecule has 1 N–H and O–H groups in total. The normalized spacial score (nSPS) is 10.2. The Bertz CT molecular complexity index is 748. The van der Waals surface area contributed by atoms with Gasteiger partial charge in [0.15, 0.2) is 6.61 Å². The zero-order valence-corrected chi connectivity index (χ0v) is 15.9. The highest BCUT2D eigenvalue weighted by Crippen LogP contribution is 2.23. The van der Waals surface area contributed by atoms with Gasteiger partial charge in [0.25, 0.3) is 5.91 Å². The Labute approximate surface area is 159 Å². The first-order valence-corrected chi connectivity index (χ1v) is 8.84. The Morgan fingerprint density at radius 3 is 2.15 bits per heavy atom. The largest absolute Gasteiger partial charge is 0.497 e. The number of benzene rings is 2. The maximum Gasteiger partial charge on any atom is 0.338 e. The number of nitrogens with one attached hydrogen (secondary N) is 1. The molecule has 0 atom stereocenters. The highest BCUT2D eigenvalue weighted by atomic mass is 16.5. The molecule has 0 spiro atoms. The van der Waals surface area contributed by atoms with Gasteiger partial charge in [-0.05, 0) is 42.7 Å². The molecular formula is C21H25NO5. The van der Waals surface area contributed by atoms with Gasteiger partial charge in [-0.1, -0.05) is 25.5 Å². The van der Waals surface area contributed by atoms with Crippen molar-refractivity contribution in [2.45, 2.75) is 26.2 Å². The summed E-state index contributed by atoms with van der Waals surface area (Å²) < 4.78 is 15.3. The fourth-order valence-corrected chi connectivity index (χ4v) is 2.47. The van der Waals surface area contributed by atoms with Crippen LogP contribution in [-0.2, 0) is 16.0 Å². The third-order valence-corrected chi connectivity index (χ3v) is 3.98. The SMILES string of the molecule is CCCCc1ccc(NC(=O)COC(=O)c2cc(OC)cc(OC)c2)cc1. The van der Waals surface area contributed by atoms with Crippen LogP contribution in [0.1, 0.15) is 35.7 Å². The van der Waals surface area contributed by atoms with Gasteiger partial charge in [-0.15, -0.1) is 0 Å².